The molecule has 0 spiro atoms. The van der Waals surface area contributed by atoms with Crippen LogP contribution in [0, 0.1) is 0 Å². The van der Waals surface area contributed by atoms with E-state index in [2.05, 4.69) is 13.6 Å². The van der Waals surface area contributed by atoms with E-state index in [0.29, 0.717) is 6.07 Å². The molecule has 0 aliphatic rings. The fourth-order valence-electron chi connectivity index (χ4n) is 1.07. The van der Waals surface area contributed by atoms with Crippen LogP contribution in [0.3, 0.4) is 0 Å². The zero-order valence-corrected chi connectivity index (χ0v) is 11.0. The highest BCUT2D eigenvalue weighted by Crippen LogP contribution is 2.50. The minimum atomic E-state index is -4.70. The third kappa shape index (κ3) is 3.62. The number of rotatable bonds is 4. The van der Waals surface area contributed by atoms with Crippen molar-refractivity contribution in [3.63, 3.8) is 0 Å². The summed E-state index contributed by atoms with van der Waals surface area (Å²) in [4.78, 5) is 0. The molecule has 4 nitrogen and oxygen atoms in total. The minimum Gasteiger partial charge on any atom is -0.403 e. The van der Waals surface area contributed by atoms with E-state index in [1.54, 1.807) is 0 Å². The number of phosphoric ester groups is 1. The van der Waals surface area contributed by atoms with Crippen molar-refractivity contribution in [2.45, 2.75) is 6.18 Å². The number of halogens is 4. The summed E-state index contributed by atoms with van der Waals surface area (Å²) in [6, 6.07) is 2.77. The van der Waals surface area contributed by atoms with Gasteiger partial charge in [-0.25, -0.2) is 4.57 Å². The molecule has 0 amide bonds. The zero-order chi connectivity index (χ0) is 14.0. The van der Waals surface area contributed by atoms with E-state index in [0.717, 1.165) is 20.3 Å². The molecule has 0 bridgehead atoms. The lowest BCUT2D eigenvalue weighted by atomic mass is 10.2. The Kier molecular flexibility index (Phi) is 4.66. The van der Waals surface area contributed by atoms with Gasteiger partial charge < -0.3 is 4.52 Å². The monoisotopic (exact) mass is 304 g/mol. The standard InChI is InChI=1S/C9H9ClF3O4P/c1-15-18(14,16-2)17-8-4-3-6(10)5-7(8)9(11,12)13/h3-5H,1-2H3. The number of phosphoric acid groups is 1. The smallest absolute Gasteiger partial charge is 0.403 e. The zero-order valence-electron chi connectivity index (χ0n) is 9.32. The van der Waals surface area contributed by atoms with Gasteiger partial charge in [-0.1, -0.05) is 11.6 Å². The summed E-state index contributed by atoms with van der Waals surface area (Å²) in [5.74, 6) is -0.682. The molecule has 0 saturated heterocycles. The Morgan fingerprint density at radius 2 is 1.78 bits per heavy atom. The molecule has 0 saturated carbocycles. The number of alkyl halides is 3. The minimum absolute atomic E-state index is 0.126. The number of benzene rings is 1. The fourth-order valence-corrected chi connectivity index (χ4v) is 1.94. The molecule has 102 valence electrons. The molecule has 0 unspecified atom stereocenters. The molecule has 0 radical (unpaired) electrons. The first-order chi connectivity index (χ1) is 8.22. The topological polar surface area (TPSA) is 44.8 Å². The van der Waals surface area contributed by atoms with E-state index in [1.807, 2.05) is 0 Å². The van der Waals surface area contributed by atoms with Gasteiger partial charge in [0.25, 0.3) is 0 Å². The average molecular weight is 305 g/mol. The molecule has 0 aromatic heterocycles. The Hall–Kier alpha value is -0.750. The van der Waals surface area contributed by atoms with E-state index < -0.39 is 25.3 Å². The largest absolute Gasteiger partial charge is 0.529 e. The molecule has 1 rings (SSSR count). The van der Waals surface area contributed by atoms with Crippen LogP contribution in [0.5, 0.6) is 5.75 Å². The van der Waals surface area contributed by atoms with Gasteiger partial charge in [0.15, 0.2) is 0 Å². The van der Waals surface area contributed by atoms with E-state index in [-0.39, 0.29) is 5.02 Å². The first-order valence-corrected chi connectivity index (χ1v) is 6.33. The van der Waals surface area contributed by atoms with Gasteiger partial charge in [0.1, 0.15) is 5.75 Å². The van der Waals surface area contributed by atoms with Gasteiger partial charge in [-0.2, -0.15) is 13.2 Å². The first-order valence-electron chi connectivity index (χ1n) is 4.49. The molecular formula is C9H9ClF3O4P. The van der Waals surface area contributed by atoms with Gasteiger partial charge in [-0.05, 0) is 18.2 Å². The molecular weight excluding hydrogens is 296 g/mol. The van der Waals surface area contributed by atoms with Gasteiger partial charge in [0, 0.05) is 19.2 Å². The highest BCUT2D eigenvalue weighted by atomic mass is 35.5. The third-order valence-corrected chi connectivity index (χ3v) is 3.45. The van der Waals surface area contributed by atoms with Crippen LogP contribution >= 0.6 is 19.4 Å². The van der Waals surface area contributed by atoms with E-state index in [9.17, 15) is 17.7 Å². The van der Waals surface area contributed by atoms with Crippen LogP contribution in [0.4, 0.5) is 13.2 Å². The highest BCUT2D eigenvalue weighted by Gasteiger charge is 2.37. The maximum Gasteiger partial charge on any atom is 0.529 e. The Morgan fingerprint density at radius 1 is 1.22 bits per heavy atom. The molecule has 0 aliphatic heterocycles. The Balaban J connectivity index is 3.21. The Morgan fingerprint density at radius 3 is 2.22 bits per heavy atom. The molecule has 9 heteroatoms. The summed E-state index contributed by atoms with van der Waals surface area (Å²) in [6.45, 7) is 0. The van der Waals surface area contributed by atoms with Crippen LogP contribution < -0.4 is 4.52 Å². The van der Waals surface area contributed by atoms with E-state index >= 15 is 0 Å². The van der Waals surface area contributed by atoms with Gasteiger partial charge in [0.05, 0.1) is 5.56 Å². The van der Waals surface area contributed by atoms with Crippen LogP contribution in [0.1, 0.15) is 5.56 Å². The fraction of sp³-hybridized carbons (Fsp3) is 0.333. The van der Waals surface area contributed by atoms with Crippen molar-refractivity contribution in [2.24, 2.45) is 0 Å². The summed E-state index contributed by atoms with van der Waals surface area (Å²) in [5, 5.41) is -0.126. The van der Waals surface area contributed by atoms with Crippen molar-refractivity contribution in [3.8, 4) is 5.75 Å². The van der Waals surface area contributed by atoms with Crippen molar-refractivity contribution in [1.82, 2.24) is 0 Å². The predicted octanol–water partition coefficient (Wildman–Crippen LogP) is 4.14. The van der Waals surface area contributed by atoms with Crippen molar-refractivity contribution in [3.05, 3.63) is 28.8 Å². The molecule has 0 heterocycles. The van der Waals surface area contributed by atoms with Gasteiger partial charge in [-0.3, -0.25) is 9.05 Å². The van der Waals surface area contributed by atoms with E-state index in [1.165, 1.54) is 6.07 Å². The first kappa shape index (κ1) is 15.3. The summed E-state index contributed by atoms with van der Waals surface area (Å²) in [5.41, 5.74) is -1.16. The van der Waals surface area contributed by atoms with Crippen LogP contribution in [-0.4, -0.2) is 14.2 Å². The van der Waals surface area contributed by atoms with Crippen LogP contribution in [0.2, 0.25) is 5.02 Å². The van der Waals surface area contributed by atoms with Crippen molar-refractivity contribution >= 4 is 19.4 Å². The predicted molar refractivity (Wildman–Crippen MR) is 58.7 cm³/mol. The molecule has 0 N–H and O–H groups in total. The van der Waals surface area contributed by atoms with E-state index in [4.69, 9.17) is 11.6 Å². The molecule has 0 fully saturated rings. The van der Waals surface area contributed by atoms with Crippen molar-refractivity contribution in [1.29, 1.82) is 0 Å². The van der Waals surface area contributed by atoms with Gasteiger partial charge in [-0.15, -0.1) is 0 Å². The summed E-state index contributed by atoms with van der Waals surface area (Å²) >= 11 is 5.47. The summed E-state index contributed by atoms with van der Waals surface area (Å²) < 4.78 is 63.2. The molecule has 0 atom stereocenters. The van der Waals surface area contributed by atoms with Gasteiger partial charge >= 0.3 is 14.0 Å². The molecule has 1 aromatic rings. The second kappa shape index (κ2) is 5.48. The maximum atomic E-state index is 12.7. The van der Waals surface area contributed by atoms with Crippen LogP contribution in [-0.2, 0) is 19.8 Å². The SMILES string of the molecule is COP(=O)(OC)Oc1ccc(Cl)cc1C(F)(F)F. The number of hydrogen-bond acceptors (Lipinski definition) is 4. The lowest BCUT2D eigenvalue weighted by Crippen LogP contribution is -2.08. The molecule has 0 aliphatic carbocycles. The second-order valence-electron chi connectivity index (χ2n) is 3.04. The van der Waals surface area contributed by atoms with Crippen LogP contribution in [0.15, 0.2) is 18.2 Å². The third-order valence-electron chi connectivity index (χ3n) is 1.90. The maximum absolute atomic E-state index is 12.7. The molecule has 1 aromatic carbocycles. The average Bonchev–Trinajstić information content (AvgIpc) is 2.30. The molecule has 18 heavy (non-hydrogen) atoms. The Bertz CT molecular complexity index is 469. The number of hydrogen-bond donors (Lipinski definition) is 0. The lowest BCUT2D eigenvalue weighted by molar-refractivity contribution is -0.138. The highest BCUT2D eigenvalue weighted by molar-refractivity contribution is 7.48. The Labute approximate surface area is 106 Å². The van der Waals surface area contributed by atoms with Crippen molar-refractivity contribution < 1.29 is 31.3 Å². The van der Waals surface area contributed by atoms with Gasteiger partial charge in [0.2, 0.25) is 0 Å². The lowest BCUT2D eigenvalue weighted by Gasteiger charge is -2.18. The summed E-state index contributed by atoms with van der Waals surface area (Å²) in [6.07, 6.45) is -4.70. The van der Waals surface area contributed by atoms with Crippen LogP contribution in [0.25, 0.3) is 0 Å². The quantitative estimate of drug-likeness (QED) is 0.784. The normalized spacial score (nSPS) is 12.6. The van der Waals surface area contributed by atoms with Crippen molar-refractivity contribution in [2.75, 3.05) is 14.2 Å². The second-order valence-corrected chi connectivity index (χ2v) is 5.29. The summed E-state index contributed by atoms with van der Waals surface area (Å²) in [7, 11) is -2.07.